The van der Waals surface area contributed by atoms with Gasteiger partial charge in [-0.2, -0.15) is 5.10 Å². The van der Waals surface area contributed by atoms with Crippen LogP contribution in [-0.2, 0) is 31.2 Å². The maximum absolute atomic E-state index is 12.9. The van der Waals surface area contributed by atoms with Gasteiger partial charge in [0.05, 0.1) is 12.2 Å². The number of aromatic nitrogens is 2. The van der Waals surface area contributed by atoms with E-state index < -0.39 is 0 Å². The zero-order chi connectivity index (χ0) is 16.6. The second-order valence-electron chi connectivity index (χ2n) is 8.55. The Morgan fingerprint density at radius 3 is 2.57 bits per heavy atom. The molecule has 4 heteroatoms. The first-order valence-electron chi connectivity index (χ1n) is 9.18. The van der Waals surface area contributed by atoms with Gasteiger partial charge in [0.15, 0.2) is 0 Å². The van der Waals surface area contributed by atoms with E-state index in [1.165, 1.54) is 30.5 Å². The molecule has 0 aromatic carbocycles. The zero-order valence-corrected chi connectivity index (χ0v) is 15.2. The van der Waals surface area contributed by atoms with E-state index in [4.69, 9.17) is 5.10 Å². The Kier molecular flexibility index (Phi) is 4.52. The van der Waals surface area contributed by atoms with Crippen LogP contribution >= 0.6 is 0 Å². The van der Waals surface area contributed by atoms with Crippen molar-refractivity contribution in [1.82, 2.24) is 14.7 Å². The number of amides is 1. The second-order valence-corrected chi connectivity index (χ2v) is 8.55. The predicted octanol–water partition coefficient (Wildman–Crippen LogP) is 3.62. The predicted molar refractivity (Wildman–Crippen MR) is 92.1 cm³/mol. The fourth-order valence-corrected chi connectivity index (χ4v) is 4.18. The molecule has 2 aliphatic rings. The van der Waals surface area contributed by atoms with E-state index in [-0.39, 0.29) is 5.41 Å². The van der Waals surface area contributed by atoms with Crippen molar-refractivity contribution in [2.24, 2.45) is 12.5 Å². The molecule has 4 nitrogen and oxygen atoms in total. The van der Waals surface area contributed by atoms with E-state index in [1.807, 2.05) is 11.7 Å². The first-order chi connectivity index (χ1) is 10.8. The summed E-state index contributed by atoms with van der Waals surface area (Å²) >= 11 is 0. The summed E-state index contributed by atoms with van der Waals surface area (Å²) < 4.78 is 2.04. The minimum Gasteiger partial charge on any atom is -0.334 e. The lowest BCUT2D eigenvalue weighted by Gasteiger charge is -2.31. The first-order valence-corrected chi connectivity index (χ1v) is 9.18. The molecule has 128 valence electrons. The number of aryl methyl sites for hydroxylation is 1. The molecule has 1 aromatic rings. The monoisotopic (exact) mass is 317 g/mol. The summed E-state index contributed by atoms with van der Waals surface area (Å²) in [4.78, 5) is 15.1. The van der Waals surface area contributed by atoms with Gasteiger partial charge in [0.1, 0.15) is 0 Å². The van der Waals surface area contributed by atoms with Crippen LogP contribution in [0.2, 0.25) is 0 Å². The molecule has 0 bridgehead atoms. The Hall–Kier alpha value is -1.32. The van der Waals surface area contributed by atoms with Gasteiger partial charge in [0.25, 0.3) is 0 Å². The molecule has 2 aliphatic carbocycles. The van der Waals surface area contributed by atoms with Crippen LogP contribution in [0.1, 0.15) is 76.2 Å². The lowest BCUT2D eigenvalue weighted by atomic mass is 9.91. The van der Waals surface area contributed by atoms with Gasteiger partial charge in [-0.25, -0.2) is 0 Å². The molecule has 0 N–H and O–H groups in total. The molecule has 3 rings (SSSR count). The van der Waals surface area contributed by atoms with E-state index in [0.29, 0.717) is 24.9 Å². The topological polar surface area (TPSA) is 38.1 Å². The van der Waals surface area contributed by atoms with Crippen LogP contribution in [0.15, 0.2) is 0 Å². The van der Waals surface area contributed by atoms with Crippen molar-refractivity contribution >= 4 is 5.91 Å². The van der Waals surface area contributed by atoms with Gasteiger partial charge in [-0.1, -0.05) is 33.6 Å². The highest BCUT2D eigenvalue weighted by Crippen LogP contribution is 2.31. The van der Waals surface area contributed by atoms with Crippen molar-refractivity contribution < 1.29 is 4.79 Å². The Morgan fingerprint density at radius 2 is 1.91 bits per heavy atom. The van der Waals surface area contributed by atoms with E-state index >= 15 is 0 Å². The largest absolute Gasteiger partial charge is 0.334 e. The quantitative estimate of drug-likeness (QED) is 0.851. The lowest BCUT2D eigenvalue weighted by molar-refractivity contribution is -0.136. The van der Waals surface area contributed by atoms with E-state index in [0.717, 1.165) is 31.4 Å². The van der Waals surface area contributed by atoms with Crippen molar-refractivity contribution in [3.05, 3.63) is 17.0 Å². The molecule has 1 saturated carbocycles. The van der Waals surface area contributed by atoms with Crippen LogP contribution in [0.4, 0.5) is 0 Å². The van der Waals surface area contributed by atoms with E-state index in [9.17, 15) is 4.79 Å². The number of fused-ring (bicyclic) bond motifs is 1. The molecule has 1 heterocycles. The first kappa shape index (κ1) is 16.5. The van der Waals surface area contributed by atoms with E-state index in [1.54, 1.807) is 0 Å². The summed E-state index contributed by atoms with van der Waals surface area (Å²) in [6.07, 6.45) is 8.94. The average Bonchev–Trinajstić information content (AvgIpc) is 3.13. The number of carbonyl (C=O) groups excluding carboxylic acids is 1. The van der Waals surface area contributed by atoms with Gasteiger partial charge in [0.2, 0.25) is 5.91 Å². The lowest BCUT2D eigenvalue weighted by Crippen LogP contribution is -2.40. The number of carbonyl (C=O) groups is 1. The second kappa shape index (κ2) is 6.29. The van der Waals surface area contributed by atoms with Crippen LogP contribution in [0.3, 0.4) is 0 Å². The molecule has 0 spiro atoms. The van der Waals surface area contributed by atoms with Crippen molar-refractivity contribution in [1.29, 1.82) is 0 Å². The molecular weight excluding hydrogens is 286 g/mol. The van der Waals surface area contributed by atoms with Gasteiger partial charge in [-0.15, -0.1) is 0 Å². The smallest absolute Gasteiger partial charge is 0.223 e. The normalized spacial score (nSPS) is 18.4. The Bertz CT molecular complexity index is 576. The van der Waals surface area contributed by atoms with Crippen LogP contribution in [0.5, 0.6) is 0 Å². The third-order valence-electron chi connectivity index (χ3n) is 5.29. The zero-order valence-electron chi connectivity index (χ0n) is 15.2. The third kappa shape index (κ3) is 3.61. The molecule has 1 amide bonds. The Labute approximate surface area is 140 Å². The molecule has 0 unspecified atom stereocenters. The van der Waals surface area contributed by atoms with Gasteiger partial charge in [-0.3, -0.25) is 9.48 Å². The van der Waals surface area contributed by atoms with Crippen molar-refractivity contribution in [2.45, 2.75) is 84.7 Å². The Balaban J connectivity index is 1.81. The minimum absolute atomic E-state index is 0.0417. The number of rotatable bonds is 4. The van der Waals surface area contributed by atoms with Gasteiger partial charge in [0, 0.05) is 25.2 Å². The molecule has 1 fully saturated rings. The van der Waals surface area contributed by atoms with Crippen molar-refractivity contribution in [2.75, 3.05) is 0 Å². The standard InChI is InChI=1S/C19H31N3O/c1-19(2,3)12-18(23)22(14-8-5-6-9-14)13-16-15-10-7-11-17(15)21(4)20-16/h14H,5-13H2,1-4H3. The highest BCUT2D eigenvalue weighted by Gasteiger charge is 2.31. The minimum atomic E-state index is 0.0417. The molecule has 0 aliphatic heterocycles. The van der Waals surface area contributed by atoms with Crippen LogP contribution in [0.25, 0.3) is 0 Å². The van der Waals surface area contributed by atoms with Gasteiger partial charge >= 0.3 is 0 Å². The third-order valence-corrected chi connectivity index (χ3v) is 5.29. The summed E-state index contributed by atoms with van der Waals surface area (Å²) in [5.74, 6) is 0.307. The molecule has 23 heavy (non-hydrogen) atoms. The summed E-state index contributed by atoms with van der Waals surface area (Å²) in [5.41, 5.74) is 3.99. The molecule has 1 aromatic heterocycles. The number of hydrogen-bond donors (Lipinski definition) is 0. The maximum Gasteiger partial charge on any atom is 0.223 e. The number of hydrogen-bond acceptors (Lipinski definition) is 2. The molecule has 0 atom stereocenters. The summed E-state index contributed by atoms with van der Waals surface area (Å²) in [6, 6.07) is 0.420. The van der Waals surface area contributed by atoms with Gasteiger partial charge in [-0.05, 0) is 43.1 Å². The van der Waals surface area contributed by atoms with Crippen LogP contribution < -0.4 is 0 Å². The summed E-state index contributed by atoms with van der Waals surface area (Å²) in [7, 11) is 2.05. The fraction of sp³-hybridized carbons (Fsp3) is 0.789. The maximum atomic E-state index is 12.9. The SMILES string of the molecule is Cn1nc(CN(C(=O)CC(C)(C)C)C2CCCC2)c2c1CCC2. The summed E-state index contributed by atoms with van der Waals surface area (Å²) in [5, 5.41) is 4.75. The van der Waals surface area contributed by atoms with Crippen molar-refractivity contribution in [3.63, 3.8) is 0 Å². The van der Waals surface area contributed by atoms with Gasteiger partial charge < -0.3 is 4.90 Å². The average molecular weight is 317 g/mol. The molecule has 0 radical (unpaired) electrons. The van der Waals surface area contributed by atoms with E-state index in [2.05, 4.69) is 25.7 Å². The fourth-order valence-electron chi connectivity index (χ4n) is 4.18. The highest BCUT2D eigenvalue weighted by molar-refractivity contribution is 5.77. The van der Waals surface area contributed by atoms with Crippen molar-refractivity contribution in [3.8, 4) is 0 Å². The highest BCUT2D eigenvalue weighted by atomic mass is 16.2. The number of nitrogens with zero attached hydrogens (tertiary/aromatic N) is 3. The van der Waals surface area contributed by atoms with Crippen LogP contribution in [-0.4, -0.2) is 26.6 Å². The van der Waals surface area contributed by atoms with Crippen LogP contribution in [0, 0.1) is 5.41 Å². The summed E-state index contributed by atoms with van der Waals surface area (Å²) in [6.45, 7) is 7.16. The molecular formula is C19H31N3O. The Morgan fingerprint density at radius 1 is 1.22 bits per heavy atom. The molecule has 0 saturated heterocycles.